The Kier molecular flexibility index (Phi) is 9.41. The molecule has 3 amide bonds. The van der Waals surface area contributed by atoms with Crippen LogP contribution >= 0.6 is 0 Å². The number of ether oxygens (including phenoxy) is 1. The zero-order valence-corrected chi connectivity index (χ0v) is 23.2. The molecule has 3 heterocycles. The van der Waals surface area contributed by atoms with Gasteiger partial charge in [0.1, 0.15) is 5.75 Å². The highest BCUT2D eigenvalue weighted by molar-refractivity contribution is 5.92. The van der Waals surface area contributed by atoms with E-state index in [0.717, 1.165) is 35.3 Å². The summed E-state index contributed by atoms with van der Waals surface area (Å²) in [6.45, 7) is 1.85. The molecular formula is C33H36N4O4. The Morgan fingerprint density at radius 1 is 0.976 bits per heavy atom. The maximum Gasteiger partial charge on any atom is 0.246 e. The number of amides is 3. The fraction of sp³-hybridized carbons (Fsp3) is 0.333. The second-order valence-electron chi connectivity index (χ2n) is 10.6. The molecule has 8 heteroatoms. The lowest BCUT2D eigenvalue weighted by molar-refractivity contribution is -0.136. The summed E-state index contributed by atoms with van der Waals surface area (Å²) in [5.41, 5.74) is 3.00. The summed E-state index contributed by atoms with van der Waals surface area (Å²) in [5.74, 6) is 0.296. The van der Waals surface area contributed by atoms with Crippen molar-refractivity contribution >= 4 is 23.8 Å². The van der Waals surface area contributed by atoms with Crippen molar-refractivity contribution in [1.82, 2.24) is 20.1 Å². The number of aromatic nitrogens is 1. The summed E-state index contributed by atoms with van der Waals surface area (Å²) < 4.78 is 6.04. The number of carbonyl (C=O) groups is 3. The van der Waals surface area contributed by atoms with Gasteiger partial charge >= 0.3 is 0 Å². The molecule has 2 bridgehead atoms. The number of nitrogens with zero attached hydrogens (tertiary/aromatic N) is 3. The molecular weight excluding hydrogens is 516 g/mol. The van der Waals surface area contributed by atoms with Gasteiger partial charge in [-0.05, 0) is 66.3 Å². The Morgan fingerprint density at radius 3 is 2.63 bits per heavy atom. The Morgan fingerprint density at radius 2 is 1.80 bits per heavy atom. The number of fused-ring (bicyclic) bond motifs is 4. The monoisotopic (exact) mass is 552 g/mol. The van der Waals surface area contributed by atoms with E-state index in [2.05, 4.69) is 10.3 Å². The summed E-state index contributed by atoms with van der Waals surface area (Å²) in [6, 6.07) is 21.1. The molecule has 212 valence electrons. The zero-order chi connectivity index (χ0) is 28.4. The molecule has 2 aliphatic heterocycles. The van der Waals surface area contributed by atoms with Crippen molar-refractivity contribution in [2.24, 2.45) is 0 Å². The fourth-order valence-corrected chi connectivity index (χ4v) is 5.41. The Labute approximate surface area is 241 Å². The first-order chi connectivity index (χ1) is 20.0. The van der Waals surface area contributed by atoms with Crippen LogP contribution in [0.4, 0.5) is 0 Å². The molecule has 2 atom stereocenters. The van der Waals surface area contributed by atoms with Crippen molar-refractivity contribution < 1.29 is 19.1 Å². The third-order valence-corrected chi connectivity index (χ3v) is 7.64. The van der Waals surface area contributed by atoms with Gasteiger partial charge in [0.15, 0.2) is 0 Å². The van der Waals surface area contributed by atoms with Crippen LogP contribution < -0.4 is 10.1 Å². The van der Waals surface area contributed by atoms with Crippen LogP contribution in [0.15, 0.2) is 85.2 Å². The normalized spacial score (nSPS) is 19.7. The second kappa shape index (κ2) is 13.7. The molecule has 2 aromatic carbocycles. The number of likely N-dealkylation sites (tertiary alicyclic amines) is 1. The molecule has 1 aromatic heterocycles. The maximum atomic E-state index is 13.3. The molecule has 5 rings (SSSR count). The standard InChI is InChI=1S/C33H36N4O4/c38-31-24-36(32(39)13-12-26-15-17-34-18-16-26)19-4-5-20-41-28-10-6-9-27(21-28)29-22-37(23-30(29)35-31)33(40)14-11-25-7-2-1-3-8-25/h1-3,6-11,14-18,21,29-30H,4-5,12-13,19-20,22-24H2,(H,35,38)/b14-11+/t29-,30+/m1/s1. The van der Waals surface area contributed by atoms with E-state index in [0.29, 0.717) is 39.1 Å². The van der Waals surface area contributed by atoms with Crippen LogP contribution in [0.3, 0.4) is 0 Å². The molecule has 1 saturated heterocycles. The first kappa shape index (κ1) is 28.1. The van der Waals surface area contributed by atoms with Gasteiger partial charge in [0.25, 0.3) is 0 Å². The fourth-order valence-electron chi connectivity index (χ4n) is 5.41. The largest absolute Gasteiger partial charge is 0.494 e. The van der Waals surface area contributed by atoms with Gasteiger partial charge in [0.2, 0.25) is 17.7 Å². The molecule has 0 saturated carbocycles. The predicted molar refractivity (Wildman–Crippen MR) is 157 cm³/mol. The van der Waals surface area contributed by atoms with E-state index >= 15 is 0 Å². The van der Waals surface area contributed by atoms with Gasteiger partial charge in [-0.25, -0.2) is 0 Å². The molecule has 1 N–H and O–H groups in total. The number of hydrogen-bond donors (Lipinski definition) is 1. The van der Waals surface area contributed by atoms with Crippen molar-refractivity contribution in [2.45, 2.75) is 37.6 Å². The molecule has 0 spiro atoms. The van der Waals surface area contributed by atoms with Crippen molar-refractivity contribution in [2.75, 3.05) is 32.8 Å². The Hall–Kier alpha value is -4.46. The summed E-state index contributed by atoms with van der Waals surface area (Å²) in [7, 11) is 0. The van der Waals surface area contributed by atoms with Gasteiger partial charge in [0.05, 0.1) is 19.2 Å². The average Bonchev–Trinajstić information content (AvgIpc) is 3.42. The minimum absolute atomic E-state index is 0.0127. The predicted octanol–water partition coefficient (Wildman–Crippen LogP) is 3.84. The highest BCUT2D eigenvalue weighted by Crippen LogP contribution is 2.30. The van der Waals surface area contributed by atoms with Crippen molar-refractivity contribution in [3.05, 3.63) is 102 Å². The molecule has 3 aromatic rings. The van der Waals surface area contributed by atoms with Crippen LogP contribution in [0.1, 0.15) is 41.9 Å². The quantitative estimate of drug-likeness (QED) is 0.486. The van der Waals surface area contributed by atoms with Gasteiger partial charge < -0.3 is 19.9 Å². The third-order valence-electron chi connectivity index (χ3n) is 7.64. The summed E-state index contributed by atoms with van der Waals surface area (Å²) in [6.07, 6.45) is 9.24. The lowest BCUT2D eigenvalue weighted by Gasteiger charge is -2.26. The highest BCUT2D eigenvalue weighted by Gasteiger charge is 2.37. The van der Waals surface area contributed by atoms with Gasteiger partial charge in [-0.15, -0.1) is 0 Å². The first-order valence-electron chi connectivity index (χ1n) is 14.3. The van der Waals surface area contributed by atoms with E-state index in [1.807, 2.05) is 72.8 Å². The number of rotatable bonds is 5. The Balaban J connectivity index is 1.31. The van der Waals surface area contributed by atoms with E-state index in [1.165, 1.54) is 0 Å². The third kappa shape index (κ3) is 7.81. The smallest absolute Gasteiger partial charge is 0.246 e. The second-order valence-corrected chi connectivity index (χ2v) is 10.6. The summed E-state index contributed by atoms with van der Waals surface area (Å²) >= 11 is 0. The minimum atomic E-state index is -0.288. The molecule has 0 unspecified atom stereocenters. The van der Waals surface area contributed by atoms with Crippen molar-refractivity contribution in [3.8, 4) is 5.75 Å². The van der Waals surface area contributed by atoms with Gasteiger partial charge in [-0.2, -0.15) is 0 Å². The number of benzene rings is 2. The molecule has 41 heavy (non-hydrogen) atoms. The lowest BCUT2D eigenvalue weighted by atomic mass is 9.94. The van der Waals surface area contributed by atoms with Crippen LogP contribution in [-0.4, -0.2) is 71.3 Å². The minimum Gasteiger partial charge on any atom is -0.494 e. The zero-order valence-electron chi connectivity index (χ0n) is 23.2. The van der Waals surface area contributed by atoms with Crippen LogP contribution in [0, 0.1) is 0 Å². The van der Waals surface area contributed by atoms with E-state index in [1.54, 1.807) is 28.3 Å². The van der Waals surface area contributed by atoms with Crippen LogP contribution in [0.2, 0.25) is 0 Å². The van der Waals surface area contributed by atoms with Crippen LogP contribution in [0.25, 0.3) is 6.08 Å². The van der Waals surface area contributed by atoms with Crippen LogP contribution in [-0.2, 0) is 20.8 Å². The molecule has 2 aliphatic rings. The van der Waals surface area contributed by atoms with E-state index in [-0.39, 0.29) is 36.2 Å². The van der Waals surface area contributed by atoms with Crippen LogP contribution in [0.5, 0.6) is 5.75 Å². The van der Waals surface area contributed by atoms with E-state index < -0.39 is 0 Å². The van der Waals surface area contributed by atoms with E-state index in [9.17, 15) is 14.4 Å². The van der Waals surface area contributed by atoms with E-state index in [4.69, 9.17) is 4.74 Å². The van der Waals surface area contributed by atoms with Gasteiger partial charge in [-0.1, -0.05) is 42.5 Å². The SMILES string of the molecule is O=C1CN(C(=O)CCc2ccncc2)CCCCOc2cccc(c2)[C@H]2CN(C(=O)/C=C/c3ccccc3)C[C@@H]2N1. The Bertz CT molecular complexity index is 1360. The summed E-state index contributed by atoms with van der Waals surface area (Å²) in [5, 5.41) is 3.16. The average molecular weight is 553 g/mol. The molecule has 0 radical (unpaired) electrons. The van der Waals surface area contributed by atoms with Gasteiger partial charge in [0, 0.05) is 50.4 Å². The topological polar surface area (TPSA) is 91.8 Å². The number of pyridine rings is 1. The van der Waals surface area contributed by atoms with Gasteiger partial charge in [-0.3, -0.25) is 19.4 Å². The number of nitrogens with one attached hydrogen (secondary N) is 1. The molecule has 8 nitrogen and oxygen atoms in total. The molecule has 1 fully saturated rings. The highest BCUT2D eigenvalue weighted by atomic mass is 16.5. The van der Waals surface area contributed by atoms with Crippen molar-refractivity contribution in [1.29, 1.82) is 0 Å². The van der Waals surface area contributed by atoms with Crippen molar-refractivity contribution in [3.63, 3.8) is 0 Å². The lowest BCUT2D eigenvalue weighted by Crippen LogP contribution is -2.47. The molecule has 0 aliphatic carbocycles. The number of carbonyl (C=O) groups excluding carboxylic acids is 3. The number of aryl methyl sites for hydroxylation is 1. The maximum absolute atomic E-state index is 13.3. The summed E-state index contributed by atoms with van der Waals surface area (Å²) in [4.78, 5) is 47.1. The number of hydrogen-bond acceptors (Lipinski definition) is 5. The first-order valence-corrected chi connectivity index (χ1v) is 14.3.